The Morgan fingerprint density at radius 3 is 2.87 bits per heavy atom. The lowest BCUT2D eigenvalue weighted by molar-refractivity contribution is 0.0436. The molecule has 1 fully saturated rings. The van der Waals surface area contributed by atoms with Crippen molar-refractivity contribution in [2.75, 3.05) is 31.1 Å². The number of aliphatic hydroxyl groups is 1. The number of guanidine groups is 1. The maximum Gasteiger partial charge on any atom is 0.191 e. The van der Waals surface area contributed by atoms with Crippen molar-refractivity contribution >= 4 is 35.6 Å². The van der Waals surface area contributed by atoms with Gasteiger partial charge in [-0.2, -0.15) is 5.26 Å². The van der Waals surface area contributed by atoms with Crippen molar-refractivity contribution in [2.24, 2.45) is 4.99 Å². The van der Waals surface area contributed by atoms with Crippen LogP contribution >= 0.6 is 24.0 Å². The Labute approximate surface area is 195 Å². The molecule has 0 bridgehead atoms. The van der Waals surface area contributed by atoms with Crippen molar-refractivity contribution < 1.29 is 9.52 Å². The van der Waals surface area contributed by atoms with Crippen LogP contribution in [0.1, 0.15) is 38.0 Å². The van der Waals surface area contributed by atoms with Crippen molar-refractivity contribution in [3.63, 3.8) is 0 Å². The lowest BCUT2D eigenvalue weighted by atomic mass is 10.0. The van der Waals surface area contributed by atoms with E-state index in [0.717, 1.165) is 38.2 Å². The van der Waals surface area contributed by atoms with Gasteiger partial charge >= 0.3 is 0 Å². The number of benzene rings is 1. The number of hydrogen-bond donors (Lipinski definition) is 3. The minimum atomic E-state index is -1.17. The van der Waals surface area contributed by atoms with E-state index in [1.54, 1.807) is 25.3 Å². The van der Waals surface area contributed by atoms with Gasteiger partial charge < -0.3 is 25.1 Å². The fraction of sp³-hybridized carbons (Fsp3) is 0.455. The van der Waals surface area contributed by atoms with Gasteiger partial charge in [-0.1, -0.05) is 12.1 Å². The van der Waals surface area contributed by atoms with Crippen LogP contribution in [0.25, 0.3) is 0 Å². The predicted molar refractivity (Wildman–Crippen MR) is 129 cm³/mol. The zero-order valence-electron chi connectivity index (χ0n) is 17.5. The minimum absolute atomic E-state index is 0. The van der Waals surface area contributed by atoms with Crippen LogP contribution in [0.3, 0.4) is 0 Å². The van der Waals surface area contributed by atoms with E-state index in [1.807, 2.05) is 31.2 Å². The number of nitrogens with zero attached hydrogens (tertiary/aromatic N) is 3. The molecular formula is C22H30IN5O2. The van der Waals surface area contributed by atoms with Crippen molar-refractivity contribution in [1.82, 2.24) is 10.6 Å². The summed E-state index contributed by atoms with van der Waals surface area (Å²) in [6.07, 6.45) is 3.60. The van der Waals surface area contributed by atoms with Gasteiger partial charge in [-0.15, -0.1) is 24.0 Å². The molecule has 0 spiro atoms. The van der Waals surface area contributed by atoms with E-state index in [-0.39, 0.29) is 36.6 Å². The number of aliphatic imine (C=N–C) groups is 1. The molecule has 0 saturated carbocycles. The number of halogens is 1. The van der Waals surface area contributed by atoms with E-state index in [1.165, 1.54) is 0 Å². The first-order valence-corrected chi connectivity index (χ1v) is 10.1. The van der Waals surface area contributed by atoms with Gasteiger partial charge in [0.25, 0.3) is 0 Å². The van der Waals surface area contributed by atoms with E-state index in [9.17, 15) is 10.4 Å². The fourth-order valence-corrected chi connectivity index (χ4v) is 3.57. The van der Waals surface area contributed by atoms with Gasteiger partial charge in [-0.05, 0) is 51.0 Å². The molecule has 0 amide bonds. The van der Waals surface area contributed by atoms with Gasteiger partial charge in [-0.3, -0.25) is 0 Å². The molecule has 1 aliphatic heterocycles. The number of anilines is 1. The Balaban J connectivity index is 0.00000320. The van der Waals surface area contributed by atoms with Crippen molar-refractivity contribution in [3.8, 4) is 6.07 Å². The summed E-state index contributed by atoms with van der Waals surface area (Å²) < 4.78 is 5.33. The molecular weight excluding hydrogens is 493 g/mol. The Bertz CT molecular complexity index is 861. The summed E-state index contributed by atoms with van der Waals surface area (Å²) in [5.74, 6) is 1.16. The maximum atomic E-state index is 10.7. The number of piperidine rings is 1. The molecule has 1 aliphatic rings. The number of nitriles is 1. The van der Waals surface area contributed by atoms with Crippen molar-refractivity contribution in [3.05, 3.63) is 54.0 Å². The van der Waals surface area contributed by atoms with Crippen LogP contribution in [0, 0.1) is 11.3 Å². The quantitative estimate of drug-likeness (QED) is 0.306. The highest BCUT2D eigenvalue weighted by Gasteiger charge is 2.27. The normalized spacial score (nSPS) is 18.7. The van der Waals surface area contributed by atoms with E-state index >= 15 is 0 Å². The molecule has 3 N–H and O–H groups in total. The highest BCUT2D eigenvalue weighted by atomic mass is 127. The van der Waals surface area contributed by atoms with Crippen LogP contribution in [-0.4, -0.2) is 43.3 Å². The molecule has 30 heavy (non-hydrogen) atoms. The van der Waals surface area contributed by atoms with E-state index in [0.29, 0.717) is 17.3 Å². The largest absolute Gasteiger partial charge is 0.466 e. The average molecular weight is 523 g/mol. The lowest BCUT2D eigenvalue weighted by Crippen LogP contribution is -2.51. The molecule has 2 unspecified atom stereocenters. The molecule has 1 aromatic heterocycles. The average Bonchev–Trinajstić information content (AvgIpc) is 3.28. The number of nitrogens with one attached hydrogen (secondary N) is 2. The van der Waals surface area contributed by atoms with Crippen molar-refractivity contribution in [2.45, 2.75) is 38.3 Å². The summed E-state index contributed by atoms with van der Waals surface area (Å²) in [6, 6.07) is 13.7. The fourth-order valence-electron chi connectivity index (χ4n) is 3.57. The zero-order valence-corrected chi connectivity index (χ0v) is 19.8. The Hall–Kier alpha value is -2.25. The smallest absolute Gasteiger partial charge is 0.191 e. The summed E-state index contributed by atoms with van der Waals surface area (Å²) in [7, 11) is 0. The Morgan fingerprint density at radius 1 is 1.37 bits per heavy atom. The van der Waals surface area contributed by atoms with Gasteiger partial charge in [0.05, 0.1) is 24.1 Å². The molecule has 7 nitrogen and oxygen atoms in total. The highest BCUT2D eigenvalue weighted by molar-refractivity contribution is 14.0. The van der Waals surface area contributed by atoms with Crippen LogP contribution < -0.4 is 15.5 Å². The molecule has 0 aliphatic carbocycles. The highest BCUT2D eigenvalue weighted by Crippen LogP contribution is 2.24. The van der Waals surface area contributed by atoms with Gasteiger partial charge in [0.2, 0.25) is 0 Å². The number of rotatable bonds is 6. The number of furan rings is 1. The Morgan fingerprint density at radius 2 is 2.17 bits per heavy atom. The molecule has 2 heterocycles. The molecule has 2 aromatic rings. The predicted octanol–water partition coefficient (Wildman–Crippen LogP) is 3.20. The van der Waals surface area contributed by atoms with Gasteiger partial charge in [-0.25, -0.2) is 4.99 Å². The standard InChI is InChI=1S/C22H29N5O2.HI/c1-3-24-21(25-16-22(2,28)20-11-7-13-29-20)26-18-9-6-12-27(15-18)19-10-5-4-8-17(19)14-23;/h4-5,7-8,10-11,13,18,28H,3,6,9,12,15-16H2,1-2H3,(H2,24,25,26);1H. The molecule has 2 atom stereocenters. The summed E-state index contributed by atoms with van der Waals surface area (Å²) in [5, 5.41) is 26.8. The second-order valence-corrected chi connectivity index (χ2v) is 7.50. The third-order valence-electron chi connectivity index (χ3n) is 5.07. The SMILES string of the molecule is CCNC(=NCC(C)(O)c1ccco1)NC1CCCN(c2ccccc2C#N)C1.I. The molecule has 8 heteroatoms. The summed E-state index contributed by atoms with van der Waals surface area (Å²) >= 11 is 0. The van der Waals surface area contributed by atoms with Crippen molar-refractivity contribution in [1.29, 1.82) is 5.26 Å². The van der Waals surface area contributed by atoms with Crippen LogP contribution in [0.4, 0.5) is 5.69 Å². The lowest BCUT2D eigenvalue weighted by Gasteiger charge is -2.36. The number of hydrogen-bond acceptors (Lipinski definition) is 5. The Kier molecular flexibility index (Phi) is 8.99. The second-order valence-electron chi connectivity index (χ2n) is 7.50. The first-order chi connectivity index (χ1) is 14.0. The first-order valence-electron chi connectivity index (χ1n) is 10.1. The third-order valence-corrected chi connectivity index (χ3v) is 5.07. The van der Waals surface area contributed by atoms with Gasteiger partial charge in [0.1, 0.15) is 17.4 Å². The molecule has 3 rings (SSSR count). The third kappa shape index (κ3) is 6.12. The monoisotopic (exact) mass is 523 g/mol. The molecule has 1 aromatic carbocycles. The van der Waals surface area contributed by atoms with Gasteiger partial charge in [0, 0.05) is 25.7 Å². The van der Waals surface area contributed by atoms with Crippen LogP contribution in [0.2, 0.25) is 0 Å². The maximum absolute atomic E-state index is 10.7. The molecule has 162 valence electrons. The van der Waals surface area contributed by atoms with Crippen LogP contribution in [0.15, 0.2) is 52.1 Å². The van der Waals surface area contributed by atoms with Crippen LogP contribution in [0.5, 0.6) is 0 Å². The number of para-hydroxylation sites is 1. The van der Waals surface area contributed by atoms with E-state index in [2.05, 4.69) is 26.6 Å². The van der Waals surface area contributed by atoms with Crippen LogP contribution in [-0.2, 0) is 5.60 Å². The topological polar surface area (TPSA) is 96.8 Å². The second kappa shape index (κ2) is 11.2. The molecule has 1 saturated heterocycles. The summed E-state index contributed by atoms with van der Waals surface area (Å²) in [6.45, 7) is 6.33. The first kappa shape index (κ1) is 24.0. The van der Waals surface area contributed by atoms with E-state index in [4.69, 9.17) is 4.42 Å². The zero-order chi connectivity index (χ0) is 20.7. The summed E-state index contributed by atoms with van der Waals surface area (Å²) in [5.41, 5.74) is 0.503. The van der Waals surface area contributed by atoms with E-state index < -0.39 is 5.60 Å². The molecule has 0 radical (unpaired) electrons. The minimum Gasteiger partial charge on any atom is -0.466 e. The van der Waals surface area contributed by atoms with Gasteiger partial charge in [0.15, 0.2) is 5.96 Å². The summed E-state index contributed by atoms with van der Waals surface area (Å²) in [4.78, 5) is 6.83.